The second-order valence-corrected chi connectivity index (χ2v) is 3.15. The monoisotopic (exact) mass is 136 g/mol. The van der Waals surface area contributed by atoms with Gasteiger partial charge in [-0.25, -0.2) is 0 Å². The van der Waals surface area contributed by atoms with E-state index in [0.29, 0.717) is 0 Å². The third-order valence-corrected chi connectivity index (χ3v) is 2.01. The lowest BCUT2D eigenvalue weighted by Gasteiger charge is -2.14. The molecule has 0 amide bonds. The van der Waals surface area contributed by atoms with E-state index in [-0.39, 0.29) is 0 Å². The van der Waals surface area contributed by atoms with E-state index in [1.807, 2.05) is 0 Å². The van der Waals surface area contributed by atoms with Crippen LogP contribution in [0.5, 0.6) is 0 Å². The number of hydrogen-bond acceptors (Lipinski definition) is 0. The Morgan fingerprint density at radius 1 is 1.60 bits per heavy atom. The molecule has 1 atom stereocenters. The maximum atomic E-state index is 2.33. The minimum Gasteiger partial charge on any atom is -0.0811 e. The Balaban J connectivity index is 2.39. The van der Waals surface area contributed by atoms with Crippen LogP contribution in [0.1, 0.15) is 33.1 Å². The average molecular weight is 136 g/mol. The van der Waals surface area contributed by atoms with Crippen LogP contribution >= 0.6 is 0 Å². The maximum Gasteiger partial charge on any atom is -0.0193 e. The first kappa shape index (κ1) is 7.59. The normalized spacial score (nSPS) is 24.6. The summed E-state index contributed by atoms with van der Waals surface area (Å²) in [5.41, 5.74) is 1.53. The van der Waals surface area contributed by atoms with Gasteiger partial charge in [0.05, 0.1) is 0 Å². The maximum absolute atomic E-state index is 2.33. The molecule has 0 saturated carbocycles. The smallest absolute Gasteiger partial charge is 0.0193 e. The molecule has 0 heterocycles. The van der Waals surface area contributed by atoms with E-state index < -0.39 is 0 Å². The molecular formula is C10H16. The molecule has 0 fully saturated rings. The zero-order valence-corrected chi connectivity index (χ0v) is 6.93. The Kier molecular flexibility index (Phi) is 2.73. The van der Waals surface area contributed by atoms with Crippen molar-refractivity contribution in [3.63, 3.8) is 0 Å². The van der Waals surface area contributed by atoms with Gasteiger partial charge in [0.15, 0.2) is 0 Å². The summed E-state index contributed by atoms with van der Waals surface area (Å²) in [5.74, 6) is 0.829. The molecule has 0 nitrogen and oxygen atoms in total. The van der Waals surface area contributed by atoms with Crippen molar-refractivity contribution >= 4 is 0 Å². The third-order valence-electron chi connectivity index (χ3n) is 2.01. The van der Waals surface area contributed by atoms with Crippen molar-refractivity contribution in [2.75, 3.05) is 0 Å². The minimum absolute atomic E-state index is 0.829. The van der Waals surface area contributed by atoms with E-state index in [2.05, 4.69) is 32.1 Å². The van der Waals surface area contributed by atoms with Crippen LogP contribution in [0.3, 0.4) is 0 Å². The van der Waals surface area contributed by atoms with E-state index in [9.17, 15) is 0 Å². The molecule has 0 aromatic carbocycles. The van der Waals surface area contributed by atoms with Gasteiger partial charge in [0.2, 0.25) is 0 Å². The van der Waals surface area contributed by atoms with Crippen LogP contribution in [0.2, 0.25) is 0 Å². The van der Waals surface area contributed by atoms with Gasteiger partial charge in [-0.05, 0) is 25.7 Å². The molecule has 1 aliphatic carbocycles. The highest BCUT2D eigenvalue weighted by Gasteiger charge is 2.06. The topological polar surface area (TPSA) is 0 Å². The molecule has 0 N–H and O–H groups in total. The Morgan fingerprint density at radius 3 is 3.00 bits per heavy atom. The molecule has 1 unspecified atom stereocenters. The van der Waals surface area contributed by atoms with Gasteiger partial charge in [-0.3, -0.25) is 0 Å². The Morgan fingerprint density at radius 2 is 2.40 bits per heavy atom. The van der Waals surface area contributed by atoms with Gasteiger partial charge in [0, 0.05) is 0 Å². The van der Waals surface area contributed by atoms with Crippen molar-refractivity contribution < 1.29 is 0 Å². The third kappa shape index (κ3) is 2.02. The van der Waals surface area contributed by atoms with E-state index in [1.54, 1.807) is 0 Å². The summed E-state index contributed by atoms with van der Waals surface area (Å²) < 4.78 is 0. The molecule has 56 valence electrons. The molecule has 1 rings (SSSR count). The summed E-state index contributed by atoms with van der Waals surface area (Å²) in [7, 11) is 0. The van der Waals surface area contributed by atoms with Crippen LogP contribution in [0.4, 0.5) is 0 Å². The molecule has 0 heteroatoms. The van der Waals surface area contributed by atoms with Crippen molar-refractivity contribution in [1.82, 2.24) is 0 Å². The van der Waals surface area contributed by atoms with Crippen molar-refractivity contribution in [2.45, 2.75) is 33.1 Å². The Hall–Kier alpha value is -0.520. The molecule has 0 saturated heterocycles. The van der Waals surface area contributed by atoms with Crippen LogP contribution < -0.4 is 0 Å². The van der Waals surface area contributed by atoms with Crippen LogP contribution in [-0.4, -0.2) is 0 Å². The van der Waals surface area contributed by atoms with Gasteiger partial charge >= 0.3 is 0 Å². The van der Waals surface area contributed by atoms with Crippen LogP contribution in [-0.2, 0) is 0 Å². The summed E-state index contributed by atoms with van der Waals surface area (Å²) in [4.78, 5) is 0. The first-order valence-electron chi connectivity index (χ1n) is 4.17. The second kappa shape index (κ2) is 3.60. The lowest BCUT2D eigenvalue weighted by Crippen LogP contribution is -1.99. The van der Waals surface area contributed by atoms with Crippen molar-refractivity contribution in [1.29, 1.82) is 0 Å². The van der Waals surface area contributed by atoms with Crippen LogP contribution in [0, 0.1) is 5.92 Å². The van der Waals surface area contributed by atoms with E-state index in [0.717, 1.165) is 5.92 Å². The first-order chi connectivity index (χ1) is 4.83. The predicted molar refractivity (Wildman–Crippen MR) is 45.9 cm³/mol. The van der Waals surface area contributed by atoms with Crippen molar-refractivity contribution in [3.05, 3.63) is 23.8 Å². The number of rotatable bonds is 2. The fourth-order valence-corrected chi connectivity index (χ4v) is 1.50. The van der Waals surface area contributed by atoms with Gasteiger partial charge in [-0.1, -0.05) is 37.1 Å². The fraction of sp³-hybridized carbons (Fsp3) is 0.600. The van der Waals surface area contributed by atoms with Gasteiger partial charge in [0.25, 0.3) is 0 Å². The summed E-state index contributed by atoms with van der Waals surface area (Å²) in [6.07, 6.45) is 10.7. The zero-order chi connectivity index (χ0) is 7.40. The summed E-state index contributed by atoms with van der Waals surface area (Å²) in [6.45, 7) is 4.47. The highest BCUT2D eigenvalue weighted by atomic mass is 14.1. The lowest BCUT2D eigenvalue weighted by atomic mass is 9.92. The molecule has 10 heavy (non-hydrogen) atoms. The standard InChI is InChI=1S/C10H16/c1-3-5-10-7-4-6-9(2)8-10/h4,6-7,10H,3,5,8H2,1-2H3. The average Bonchev–Trinajstić information content (AvgIpc) is 1.88. The SMILES string of the molecule is CCCC1C=CC=C(C)C1. The molecule has 0 aliphatic heterocycles. The molecular weight excluding hydrogens is 120 g/mol. The lowest BCUT2D eigenvalue weighted by molar-refractivity contribution is 0.570. The molecule has 1 aliphatic rings. The zero-order valence-electron chi connectivity index (χ0n) is 6.93. The van der Waals surface area contributed by atoms with E-state index in [4.69, 9.17) is 0 Å². The van der Waals surface area contributed by atoms with Crippen molar-refractivity contribution in [3.8, 4) is 0 Å². The van der Waals surface area contributed by atoms with Gasteiger partial charge in [0.1, 0.15) is 0 Å². The van der Waals surface area contributed by atoms with Gasteiger partial charge < -0.3 is 0 Å². The van der Waals surface area contributed by atoms with Crippen LogP contribution in [0.15, 0.2) is 23.8 Å². The first-order valence-corrected chi connectivity index (χ1v) is 4.17. The minimum atomic E-state index is 0.829. The fourth-order valence-electron chi connectivity index (χ4n) is 1.50. The van der Waals surface area contributed by atoms with Gasteiger partial charge in [-0.15, -0.1) is 0 Å². The summed E-state index contributed by atoms with van der Waals surface area (Å²) in [5, 5.41) is 0. The van der Waals surface area contributed by atoms with E-state index >= 15 is 0 Å². The summed E-state index contributed by atoms with van der Waals surface area (Å²) in [6, 6.07) is 0. The largest absolute Gasteiger partial charge is 0.0811 e. The Labute approximate surface area is 63.6 Å². The molecule has 0 bridgehead atoms. The Bertz CT molecular complexity index is 151. The quantitative estimate of drug-likeness (QED) is 0.546. The molecule has 0 spiro atoms. The second-order valence-electron chi connectivity index (χ2n) is 3.15. The van der Waals surface area contributed by atoms with E-state index in [1.165, 1.54) is 24.8 Å². The molecule has 0 radical (unpaired) electrons. The van der Waals surface area contributed by atoms with Gasteiger partial charge in [-0.2, -0.15) is 0 Å². The summed E-state index contributed by atoms with van der Waals surface area (Å²) >= 11 is 0. The molecule has 0 aromatic heterocycles. The number of allylic oxidation sites excluding steroid dienone is 4. The predicted octanol–water partition coefficient (Wildman–Crippen LogP) is 3.31. The van der Waals surface area contributed by atoms with Crippen LogP contribution in [0.25, 0.3) is 0 Å². The van der Waals surface area contributed by atoms with Crippen molar-refractivity contribution in [2.24, 2.45) is 5.92 Å². The highest BCUT2D eigenvalue weighted by molar-refractivity contribution is 5.17. The molecule has 0 aromatic rings. The highest BCUT2D eigenvalue weighted by Crippen LogP contribution is 2.21. The number of hydrogen-bond donors (Lipinski definition) is 0.